The van der Waals surface area contributed by atoms with Crippen LogP contribution >= 0.6 is 0 Å². The van der Waals surface area contributed by atoms with Crippen molar-refractivity contribution >= 4 is 11.6 Å². The van der Waals surface area contributed by atoms with Crippen LogP contribution in [0, 0.1) is 32.6 Å². The molecule has 8 nitrogen and oxygen atoms in total. The topological polar surface area (TPSA) is 75.9 Å². The van der Waals surface area contributed by atoms with E-state index in [1.54, 1.807) is 6.33 Å². The van der Waals surface area contributed by atoms with Gasteiger partial charge in [0.05, 0.1) is 11.4 Å². The number of rotatable bonds is 3. The lowest BCUT2D eigenvalue weighted by atomic mass is 10.0. The van der Waals surface area contributed by atoms with Crippen LogP contribution < -0.4 is 9.80 Å². The Morgan fingerprint density at radius 3 is 2.04 bits per heavy atom. The molecule has 0 aromatic carbocycles. The van der Waals surface area contributed by atoms with Crippen molar-refractivity contribution in [3.63, 3.8) is 0 Å². The molecular formula is C20H24N8. The zero-order chi connectivity index (χ0) is 19.3. The fraction of sp³-hybridized carbons (Fsp3) is 0.450. The summed E-state index contributed by atoms with van der Waals surface area (Å²) in [7, 11) is 0. The monoisotopic (exact) mass is 376 g/mol. The molecule has 2 fully saturated rings. The van der Waals surface area contributed by atoms with Crippen LogP contribution in [0.2, 0.25) is 0 Å². The maximum atomic E-state index is 4.54. The lowest BCUT2D eigenvalue weighted by Gasteiger charge is -2.23. The summed E-state index contributed by atoms with van der Waals surface area (Å²) in [6.45, 7) is 10.1. The van der Waals surface area contributed by atoms with Gasteiger partial charge in [-0.1, -0.05) is 0 Å². The summed E-state index contributed by atoms with van der Waals surface area (Å²) < 4.78 is 1.88. The molecular weight excluding hydrogens is 352 g/mol. The van der Waals surface area contributed by atoms with Gasteiger partial charge in [0.15, 0.2) is 11.6 Å². The summed E-state index contributed by atoms with van der Waals surface area (Å²) in [6, 6.07) is 8.21. The Morgan fingerprint density at radius 1 is 0.750 bits per heavy atom. The number of nitrogens with zero attached hydrogens (tertiary/aromatic N) is 8. The van der Waals surface area contributed by atoms with Gasteiger partial charge >= 0.3 is 0 Å². The van der Waals surface area contributed by atoms with Crippen LogP contribution in [0.25, 0.3) is 5.82 Å². The summed E-state index contributed by atoms with van der Waals surface area (Å²) in [5, 5.41) is 13.1. The van der Waals surface area contributed by atoms with Gasteiger partial charge < -0.3 is 9.80 Å². The van der Waals surface area contributed by atoms with Gasteiger partial charge in [-0.3, -0.25) is 0 Å². The van der Waals surface area contributed by atoms with Gasteiger partial charge in [-0.05, 0) is 39.0 Å². The highest BCUT2D eigenvalue weighted by atomic mass is 15.3. The molecule has 0 bridgehead atoms. The molecule has 0 saturated carbocycles. The molecule has 0 amide bonds. The largest absolute Gasteiger partial charge is 0.356 e. The van der Waals surface area contributed by atoms with Gasteiger partial charge in [0.2, 0.25) is 0 Å². The second-order valence-corrected chi connectivity index (χ2v) is 7.94. The standard InChI is InChI=1S/C20H24N8/c1-13-4-5-18(24-23-13)26-8-16-10-27(11-17(16)9-26)19-7-20(22-12-21-19)28-15(3)6-14(2)25-28/h4-7,12,16-17H,8-11H2,1-3H3. The van der Waals surface area contributed by atoms with Crippen molar-refractivity contribution in [2.75, 3.05) is 36.0 Å². The molecule has 2 aliphatic rings. The molecule has 2 atom stereocenters. The van der Waals surface area contributed by atoms with Crippen LogP contribution in [0.15, 0.2) is 30.6 Å². The van der Waals surface area contributed by atoms with Crippen molar-refractivity contribution < 1.29 is 0 Å². The second kappa shape index (κ2) is 6.54. The number of anilines is 2. The highest BCUT2D eigenvalue weighted by Gasteiger charge is 2.41. The van der Waals surface area contributed by atoms with Crippen LogP contribution in [-0.2, 0) is 0 Å². The van der Waals surface area contributed by atoms with E-state index in [9.17, 15) is 0 Å². The molecule has 3 aromatic rings. The molecule has 2 unspecified atom stereocenters. The van der Waals surface area contributed by atoms with Crippen LogP contribution in [0.1, 0.15) is 17.1 Å². The van der Waals surface area contributed by atoms with Gasteiger partial charge in [-0.25, -0.2) is 14.6 Å². The summed E-state index contributed by atoms with van der Waals surface area (Å²) in [6.07, 6.45) is 1.64. The molecule has 8 heteroatoms. The molecule has 5 heterocycles. The van der Waals surface area contributed by atoms with E-state index in [1.807, 2.05) is 37.6 Å². The molecule has 2 saturated heterocycles. The number of fused-ring (bicyclic) bond motifs is 1. The van der Waals surface area contributed by atoms with Crippen molar-refractivity contribution in [2.45, 2.75) is 20.8 Å². The minimum atomic E-state index is 0.621. The van der Waals surface area contributed by atoms with E-state index in [0.717, 1.165) is 60.7 Å². The summed E-state index contributed by atoms with van der Waals surface area (Å²) in [5.74, 6) is 4.03. The minimum Gasteiger partial charge on any atom is -0.356 e. The van der Waals surface area contributed by atoms with Gasteiger partial charge in [0.25, 0.3) is 0 Å². The van der Waals surface area contributed by atoms with Gasteiger partial charge in [-0.15, -0.1) is 5.10 Å². The number of aromatic nitrogens is 6. The van der Waals surface area contributed by atoms with E-state index in [1.165, 1.54) is 0 Å². The lowest BCUT2D eigenvalue weighted by molar-refractivity contribution is 0.533. The first-order chi connectivity index (χ1) is 13.6. The molecule has 0 N–H and O–H groups in total. The first-order valence-electron chi connectivity index (χ1n) is 9.73. The Labute approximate surface area is 164 Å². The number of hydrogen-bond donors (Lipinski definition) is 0. The number of hydrogen-bond acceptors (Lipinski definition) is 7. The Kier molecular flexibility index (Phi) is 3.99. The minimum absolute atomic E-state index is 0.621. The smallest absolute Gasteiger partial charge is 0.159 e. The Morgan fingerprint density at radius 2 is 1.43 bits per heavy atom. The predicted molar refractivity (Wildman–Crippen MR) is 107 cm³/mol. The van der Waals surface area contributed by atoms with Crippen molar-refractivity contribution in [3.05, 3.63) is 47.7 Å². The van der Waals surface area contributed by atoms with Crippen molar-refractivity contribution in [3.8, 4) is 5.82 Å². The second-order valence-electron chi connectivity index (χ2n) is 7.94. The van der Waals surface area contributed by atoms with E-state index in [-0.39, 0.29) is 0 Å². The lowest BCUT2D eigenvalue weighted by Crippen LogP contribution is -2.29. The fourth-order valence-corrected chi connectivity index (χ4v) is 4.41. The van der Waals surface area contributed by atoms with E-state index >= 15 is 0 Å². The fourth-order valence-electron chi connectivity index (χ4n) is 4.41. The average Bonchev–Trinajstić information content (AvgIpc) is 3.35. The Hall–Kier alpha value is -3.03. The molecule has 3 aromatic heterocycles. The van der Waals surface area contributed by atoms with Gasteiger partial charge in [0.1, 0.15) is 12.1 Å². The van der Waals surface area contributed by atoms with Crippen molar-refractivity contribution in [1.29, 1.82) is 0 Å². The van der Waals surface area contributed by atoms with Crippen LogP contribution in [-0.4, -0.2) is 56.1 Å². The molecule has 0 radical (unpaired) electrons. The van der Waals surface area contributed by atoms with E-state index in [0.29, 0.717) is 11.8 Å². The first-order valence-corrected chi connectivity index (χ1v) is 9.73. The normalized spacial score (nSPS) is 21.4. The zero-order valence-corrected chi connectivity index (χ0v) is 16.4. The van der Waals surface area contributed by atoms with Gasteiger partial charge in [-0.2, -0.15) is 10.2 Å². The maximum Gasteiger partial charge on any atom is 0.159 e. The average molecular weight is 376 g/mol. The van der Waals surface area contributed by atoms with E-state index < -0.39 is 0 Å². The highest BCUT2D eigenvalue weighted by molar-refractivity contribution is 5.47. The third-order valence-corrected chi connectivity index (χ3v) is 5.78. The Bertz CT molecular complexity index is 982. The molecule has 144 valence electrons. The quantitative estimate of drug-likeness (QED) is 0.691. The summed E-state index contributed by atoms with van der Waals surface area (Å²) in [5.41, 5.74) is 3.03. The maximum absolute atomic E-state index is 4.54. The molecule has 2 aliphatic heterocycles. The van der Waals surface area contributed by atoms with Crippen molar-refractivity contribution in [1.82, 2.24) is 29.9 Å². The third kappa shape index (κ3) is 2.98. The van der Waals surface area contributed by atoms with E-state index in [4.69, 9.17) is 0 Å². The molecule has 5 rings (SSSR count). The zero-order valence-electron chi connectivity index (χ0n) is 16.4. The predicted octanol–water partition coefficient (Wildman–Crippen LogP) is 1.95. The number of aryl methyl sites for hydroxylation is 3. The highest BCUT2D eigenvalue weighted by Crippen LogP contribution is 2.35. The molecule has 28 heavy (non-hydrogen) atoms. The first kappa shape index (κ1) is 17.1. The SMILES string of the molecule is Cc1ccc(N2CC3CN(c4cc(-n5nc(C)cc5C)ncn4)CC3C2)nn1. The molecule has 0 aliphatic carbocycles. The van der Waals surface area contributed by atoms with Crippen LogP contribution in [0.4, 0.5) is 11.6 Å². The van der Waals surface area contributed by atoms with Crippen LogP contribution in [0.3, 0.4) is 0 Å². The van der Waals surface area contributed by atoms with Crippen molar-refractivity contribution in [2.24, 2.45) is 11.8 Å². The van der Waals surface area contributed by atoms with E-state index in [2.05, 4.69) is 47.2 Å². The Balaban J connectivity index is 1.31. The third-order valence-electron chi connectivity index (χ3n) is 5.78. The summed E-state index contributed by atoms with van der Waals surface area (Å²) >= 11 is 0. The van der Waals surface area contributed by atoms with Gasteiger partial charge in [0, 0.05) is 49.8 Å². The summed E-state index contributed by atoms with van der Waals surface area (Å²) in [4.78, 5) is 13.7. The van der Waals surface area contributed by atoms with Crippen LogP contribution in [0.5, 0.6) is 0 Å². The molecule has 0 spiro atoms.